The van der Waals surface area contributed by atoms with Gasteiger partial charge in [0.15, 0.2) is 0 Å². The first kappa shape index (κ1) is 26.7. The molecule has 2 saturated heterocycles. The number of epoxide rings is 1. The molecule has 1 aliphatic carbocycles. The van der Waals surface area contributed by atoms with Crippen LogP contribution in [0.5, 0.6) is 0 Å². The molecule has 2 fully saturated rings. The molecule has 3 aliphatic rings. The Kier molecular flexibility index (Phi) is 7.89. The van der Waals surface area contributed by atoms with Crippen LogP contribution in [0.15, 0.2) is 35.5 Å². The number of fused-ring (bicyclic) bond motifs is 3. The van der Waals surface area contributed by atoms with Crippen LogP contribution in [0.2, 0.25) is 0 Å². The van der Waals surface area contributed by atoms with Crippen molar-refractivity contribution >= 4 is 23.9 Å². The van der Waals surface area contributed by atoms with E-state index in [0.29, 0.717) is 12.8 Å². The fourth-order valence-electron chi connectivity index (χ4n) is 5.00. The maximum Gasteiger partial charge on any atom is 0.334 e. The van der Waals surface area contributed by atoms with Crippen molar-refractivity contribution in [3.8, 4) is 0 Å². The van der Waals surface area contributed by atoms with Crippen molar-refractivity contribution in [2.45, 2.75) is 96.9 Å². The largest absolute Gasteiger partial charge is 0.461 e. The van der Waals surface area contributed by atoms with Crippen molar-refractivity contribution in [1.29, 1.82) is 0 Å². The summed E-state index contributed by atoms with van der Waals surface area (Å²) in [5, 5.41) is 0. The van der Waals surface area contributed by atoms with Gasteiger partial charge < -0.3 is 23.7 Å². The Hall–Kier alpha value is -2.94. The van der Waals surface area contributed by atoms with Crippen molar-refractivity contribution in [1.82, 2.24) is 0 Å². The first-order valence-electron chi connectivity index (χ1n) is 11.7. The molecular weight excluding hydrogens is 456 g/mol. The Morgan fingerprint density at radius 1 is 1.00 bits per heavy atom. The summed E-state index contributed by atoms with van der Waals surface area (Å²) in [6.07, 6.45) is 1.51. The van der Waals surface area contributed by atoms with Gasteiger partial charge in [0.2, 0.25) is 0 Å². The summed E-state index contributed by atoms with van der Waals surface area (Å²) >= 11 is 0. The molecule has 0 N–H and O–H groups in total. The number of carbonyl (C=O) groups excluding carboxylic acids is 4. The van der Waals surface area contributed by atoms with E-state index in [2.05, 4.69) is 6.58 Å². The maximum absolute atomic E-state index is 12.6. The fourth-order valence-corrected chi connectivity index (χ4v) is 5.00. The van der Waals surface area contributed by atoms with Crippen LogP contribution in [0.1, 0.15) is 60.8 Å². The molecular formula is C26H34O9. The molecule has 0 aromatic carbocycles. The minimum absolute atomic E-state index is 0.190. The van der Waals surface area contributed by atoms with Gasteiger partial charge in [-0.1, -0.05) is 23.8 Å². The Morgan fingerprint density at radius 2 is 1.63 bits per heavy atom. The highest BCUT2D eigenvalue weighted by molar-refractivity contribution is 5.91. The van der Waals surface area contributed by atoms with Crippen LogP contribution >= 0.6 is 0 Å². The molecule has 0 spiro atoms. The highest BCUT2D eigenvalue weighted by Crippen LogP contribution is 2.50. The van der Waals surface area contributed by atoms with E-state index < -0.39 is 65.9 Å². The normalized spacial score (nSPS) is 38.2. The van der Waals surface area contributed by atoms with Crippen LogP contribution < -0.4 is 0 Å². The molecule has 0 aromatic rings. The molecule has 35 heavy (non-hydrogen) atoms. The minimum Gasteiger partial charge on any atom is -0.461 e. The summed E-state index contributed by atoms with van der Waals surface area (Å²) in [7, 11) is 0. The number of carbonyl (C=O) groups is 4. The van der Waals surface area contributed by atoms with Gasteiger partial charge in [-0.3, -0.25) is 14.4 Å². The van der Waals surface area contributed by atoms with Gasteiger partial charge in [0, 0.05) is 45.6 Å². The third-order valence-corrected chi connectivity index (χ3v) is 6.63. The van der Waals surface area contributed by atoms with Gasteiger partial charge in [0.05, 0.1) is 5.92 Å². The van der Waals surface area contributed by atoms with E-state index in [1.165, 1.54) is 20.8 Å². The Morgan fingerprint density at radius 3 is 2.23 bits per heavy atom. The van der Waals surface area contributed by atoms with E-state index in [0.717, 1.165) is 11.1 Å². The number of ether oxygens (including phenoxy) is 5. The van der Waals surface area contributed by atoms with Crippen molar-refractivity contribution in [2.24, 2.45) is 5.92 Å². The lowest BCUT2D eigenvalue weighted by atomic mass is 9.82. The lowest BCUT2D eigenvalue weighted by Crippen LogP contribution is -2.41. The molecule has 3 rings (SSSR count). The molecule has 0 aromatic heterocycles. The van der Waals surface area contributed by atoms with Crippen LogP contribution in [0.25, 0.3) is 0 Å². The molecule has 7 atom stereocenters. The minimum atomic E-state index is -0.915. The second-order valence-corrected chi connectivity index (χ2v) is 9.74. The number of rotatable bonds is 3. The van der Waals surface area contributed by atoms with E-state index in [4.69, 9.17) is 23.7 Å². The van der Waals surface area contributed by atoms with Crippen molar-refractivity contribution in [2.75, 3.05) is 0 Å². The molecule has 0 bridgehead atoms. The summed E-state index contributed by atoms with van der Waals surface area (Å²) in [6.45, 7) is 13.4. The van der Waals surface area contributed by atoms with Crippen LogP contribution in [-0.2, 0) is 42.9 Å². The predicted octanol–water partition coefficient (Wildman–Crippen LogP) is 3.11. The van der Waals surface area contributed by atoms with Gasteiger partial charge >= 0.3 is 23.9 Å². The van der Waals surface area contributed by atoms with Gasteiger partial charge in [-0.25, -0.2) is 4.79 Å². The highest BCUT2D eigenvalue weighted by Gasteiger charge is 2.67. The maximum atomic E-state index is 12.6. The number of esters is 4. The van der Waals surface area contributed by atoms with Gasteiger partial charge in [-0.15, -0.1) is 0 Å². The summed E-state index contributed by atoms with van der Waals surface area (Å²) in [4.78, 5) is 48.1. The lowest BCUT2D eigenvalue weighted by molar-refractivity contribution is -0.151. The van der Waals surface area contributed by atoms with E-state index in [1.54, 1.807) is 6.92 Å². The Balaban J connectivity index is 2.06. The number of hydrogen-bond acceptors (Lipinski definition) is 9. The van der Waals surface area contributed by atoms with E-state index >= 15 is 0 Å². The average molecular weight is 491 g/mol. The predicted molar refractivity (Wildman–Crippen MR) is 124 cm³/mol. The fraction of sp³-hybridized carbons (Fsp3) is 0.615. The summed E-state index contributed by atoms with van der Waals surface area (Å²) < 4.78 is 28.5. The first-order valence-corrected chi connectivity index (χ1v) is 11.7. The van der Waals surface area contributed by atoms with E-state index in [-0.39, 0.29) is 12.0 Å². The van der Waals surface area contributed by atoms with Gasteiger partial charge in [0.25, 0.3) is 0 Å². The first-order chi connectivity index (χ1) is 16.3. The van der Waals surface area contributed by atoms with Gasteiger partial charge in [0.1, 0.15) is 36.1 Å². The Labute approximate surface area is 205 Å². The van der Waals surface area contributed by atoms with Crippen LogP contribution in [0.3, 0.4) is 0 Å². The topological polar surface area (TPSA) is 118 Å². The molecule has 0 radical (unpaired) electrons. The van der Waals surface area contributed by atoms with E-state index in [1.807, 2.05) is 26.0 Å². The Bertz CT molecular complexity index is 977. The van der Waals surface area contributed by atoms with Crippen LogP contribution in [0, 0.1) is 5.92 Å². The van der Waals surface area contributed by atoms with Crippen molar-refractivity contribution in [3.05, 3.63) is 35.5 Å². The lowest BCUT2D eigenvalue weighted by Gasteiger charge is -2.28. The summed E-state index contributed by atoms with van der Waals surface area (Å²) in [5.74, 6) is -2.64. The van der Waals surface area contributed by atoms with Gasteiger partial charge in [-0.05, 0) is 26.8 Å². The smallest absolute Gasteiger partial charge is 0.334 e. The molecule has 0 unspecified atom stereocenters. The quantitative estimate of drug-likeness (QED) is 0.193. The van der Waals surface area contributed by atoms with Crippen molar-refractivity contribution < 1.29 is 42.9 Å². The zero-order valence-electron chi connectivity index (χ0n) is 21.1. The van der Waals surface area contributed by atoms with Crippen LogP contribution in [0.4, 0.5) is 0 Å². The SMILES string of the molecule is C=C1C(=O)O[C@H]2[C@H]1[C@H](OC(C)=O)C/C(C)=C/[C@H](OC(C)=O)C/C(C)=C/C[C@@H](OC(C)=O)[C@]1(C)O[C@@H]21. The molecule has 2 heterocycles. The second-order valence-electron chi connectivity index (χ2n) is 9.74. The molecule has 0 saturated carbocycles. The third kappa shape index (κ3) is 6.20. The number of hydrogen-bond donors (Lipinski definition) is 0. The van der Waals surface area contributed by atoms with E-state index in [9.17, 15) is 19.2 Å². The molecule has 9 nitrogen and oxygen atoms in total. The average Bonchev–Trinajstić information content (AvgIpc) is 3.31. The molecule has 9 heteroatoms. The van der Waals surface area contributed by atoms with Crippen LogP contribution in [-0.4, -0.2) is 60.0 Å². The monoisotopic (exact) mass is 490 g/mol. The third-order valence-electron chi connectivity index (χ3n) is 6.63. The zero-order chi connectivity index (χ0) is 26.1. The summed E-state index contributed by atoms with van der Waals surface area (Å²) in [6, 6.07) is 0. The van der Waals surface area contributed by atoms with Crippen molar-refractivity contribution in [3.63, 3.8) is 0 Å². The zero-order valence-corrected chi connectivity index (χ0v) is 21.1. The highest BCUT2D eigenvalue weighted by atomic mass is 16.7. The molecule has 192 valence electrons. The molecule has 2 aliphatic heterocycles. The summed E-state index contributed by atoms with van der Waals surface area (Å²) in [5.41, 5.74) is 1.03. The molecule has 0 amide bonds. The standard InChI is InChI=1S/C26H34O9/c1-13-8-9-21(33-18(6)29)26(7)24(35-26)23-22(15(3)25(30)34-23)20(32-17(5)28)12-14(2)11-19(10-13)31-16(4)27/h8,11,19-24H,3,9-10,12H2,1-2,4-7H3/b13-8+,14-11+/t19-,20-,21-,22-,23+,24+,26+/m1/s1. The van der Waals surface area contributed by atoms with Gasteiger partial charge in [-0.2, -0.15) is 0 Å². The second kappa shape index (κ2) is 10.4.